The molecule has 5 heteroatoms. The zero-order valence-electron chi connectivity index (χ0n) is 13.5. The van der Waals surface area contributed by atoms with E-state index in [4.69, 9.17) is 0 Å². The largest absolute Gasteiger partial charge is 0.316 e. The van der Waals surface area contributed by atoms with Crippen LogP contribution in [0.25, 0.3) is 11.3 Å². The van der Waals surface area contributed by atoms with Crippen LogP contribution in [0.2, 0.25) is 0 Å². The number of hydrogen-bond donors (Lipinski definition) is 0. The normalized spacial score (nSPS) is 11.7. The van der Waals surface area contributed by atoms with Gasteiger partial charge in [0, 0.05) is 15.0 Å². The first-order valence-electron chi connectivity index (χ1n) is 7.71. The molecule has 0 aliphatic heterocycles. The minimum Gasteiger partial charge on any atom is -0.316 e. The van der Waals surface area contributed by atoms with Crippen molar-refractivity contribution in [3.05, 3.63) is 73.4 Å². The van der Waals surface area contributed by atoms with Crippen LogP contribution in [-0.2, 0) is 6.54 Å². The summed E-state index contributed by atoms with van der Waals surface area (Å²) in [6.07, 6.45) is 0. The van der Waals surface area contributed by atoms with Crippen molar-refractivity contribution in [2.75, 3.05) is 0 Å². The molecule has 0 unspecified atom stereocenters. The fourth-order valence-corrected chi connectivity index (χ4v) is 4.32. The van der Waals surface area contributed by atoms with E-state index in [1.807, 2.05) is 42.5 Å². The number of halogens is 1. The molecule has 2 aromatic carbocycles. The van der Waals surface area contributed by atoms with Gasteiger partial charge in [-0.1, -0.05) is 42.5 Å². The summed E-state index contributed by atoms with van der Waals surface area (Å²) in [6.45, 7) is 4.93. The molecular formula is C19H17IN2OS. The second-order valence-electron chi connectivity index (χ2n) is 5.30. The fraction of sp³-hybridized carbons (Fsp3) is 0.158. The van der Waals surface area contributed by atoms with Crippen LogP contribution in [0.4, 0.5) is 0 Å². The molecule has 0 atom stereocenters. The van der Waals surface area contributed by atoms with Gasteiger partial charge in [0.05, 0.1) is 11.3 Å². The quantitative estimate of drug-likeness (QED) is 0.526. The van der Waals surface area contributed by atoms with E-state index in [9.17, 15) is 4.79 Å². The van der Waals surface area contributed by atoms with Crippen molar-refractivity contribution >= 4 is 39.8 Å². The first kappa shape index (κ1) is 17.1. The summed E-state index contributed by atoms with van der Waals surface area (Å²) in [5.74, 6) is -0.192. The van der Waals surface area contributed by atoms with Gasteiger partial charge >= 0.3 is 0 Å². The van der Waals surface area contributed by atoms with E-state index in [0.717, 1.165) is 31.1 Å². The van der Waals surface area contributed by atoms with E-state index in [1.54, 1.807) is 11.3 Å². The molecule has 0 aliphatic carbocycles. The number of nitrogens with zero attached hydrogens (tertiary/aromatic N) is 2. The maximum Gasteiger partial charge on any atom is 0.280 e. The van der Waals surface area contributed by atoms with Gasteiger partial charge in [0.2, 0.25) is 0 Å². The lowest BCUT2D eigenvalue weighted by Crippen LogP contribution is -2.17. The Morgan fingerprint density at radius 3 is 2.46 bits per heavy atom. The van der Waals surface area contributed by atoms with Gasteiger partial charge in [0.1, 0.15) is 0 Å². The summed E-state index contributed by atoms with van der Waals surface area (Å²) in [4.78, 5) is 18.9. The number of thiazole rings is 1. The average Bonchev–Trinajstić information content (AvgIpc) is 2.91. The Bertz CT molecular complexity index is 942. The van der Waals surface area contributed by atoms with Crippen molar-refractivity contribution in [1.29, 1.82) is 0 Å². The predicted octanol–water partition coefficient (Wildman–Crippen LogP) is 4.89. The lowest BCUT2D eigenvalue weighted by molar-refractivity contribution is 0.0997. The van der Waals surface area contributed by atoms with Crippen LogP contribution in [0.3, 0.4) is 0 Å². The van der Waals surface area contributed by atoms with Crippen molar-refractivity contribution in [3.8, 4) is 11.3 Å². The second kappa shape index (κ2) is 7.44. The number of hydrogen-bond acceptors (Lipinski definition) is 2. The topological polar surface area (TPSA) is 34.4 Å². The van der Waals surface area contributed by atoms with Crippen LogP contribution in [0.5, 0.6) is 0 Å². The molecule has 122 valence electrons. The van der Waals surface area contributed by atoms with Gasteiger partial charge in [-0.3, -0.25) is 4.79 Å². The SMILES string of the molecule is CCn1c(-c2ccccc2)c(C)sc1=NC(=O)c1ccccc1I. The fourth-order valence-electron chi connectivity index (χ4n) is 2.64. The van der Waals surface area contributed by atoms with Crippen molar-refractivity contribution in [2.24, 2.45) is 4.99 Å². The van der Waals surface area contributed by atoms with E-state index in [0.29, 0.717) is 5.56 Å². The molecule has 3 rings (SSSR count). The Morgan fingerprint density at radius 1 is 1.12 bits per heavy atom. The zero-order chi connectivity index (χ0) is 17.1. The maximum absolute atomic E-state index is 12.6. The molecule has 0 bridgehead atoms. The number of rotatable bonds is 3. The summed E-state index contributed by atoms with van der Waals surface area (Å²) in [6, 6.07) is 17.8. The molecule has 0 fully saturated rings. The molecule has 0 saturated carbocycles. The van der Waals surface area contributed by atoms with E-state index in [-0.39, 0.29) is 5.91 Å². The Balaban J connectivity index is 2.13. The monoisotopic (exact) mass is 448 g/mol. The van der Waals surface area contributed by atoms with Crippen molar-refractivity contribution < 1.29 is 4.79 Å². The third kappa shape index (κ3) is 3.37. The Labute approximate surface area is 158 Å². The van der Waals surface area contributed by atoms with E-state index in [1.165, 1.54) is 0 Å². The van der Waals surface area contributed by atoms with Gasteiger partial charge in [-0.2, -0.15) is 4.99 Å². The zero-order valence-corrected chi connectivity index (χ0v) is 16.5. The summed E-state index contributed by atoms with van der Waals surface area (Å²) >= 11 is 3.74. The Kier molecular flexibility index (Phi) is 5.30. The Morgan fingerprint density at radius 2 is 1.79 bits per heavy atom. The minimum atomic E-state index is -0.192. The highest BCUT2D eigenvalue weighted by Crippen LogP contribution is 2.25. The molecule has 0 spiro atoms. The number of aryl methyl sites for hydroxylation is 1. The first-order valence-corrected chi connectivity index (χ1v) is 9.60. The molecule has 0 saturated heterocycles. The lowest BCUT2D eigenvalue weighted by Gasteiger charge is -2.07. The number of benzene rings is 2. The number of aromatic nitrogens is 1. The van der Waals surface area contributed by atoms with Gasteiger partial charge in [-0.05, 0) is 54.1 Å². The second-order valence-corrected chi connectivity index (χ2v) is 7.64. The van der Waals surface area contributed by atoms with Crippen LogP contribution < -0.4 is 4.80 Å². The molecule has 0 N–H and O–H groups in total. The summed E-state index contributed by atoms with van der Waals surface area (Å²) in [7, 11) is 0. The van der Waals surface area contributed by atoms with Crippen LogP contribution in [0.1, 0.15) is 22.2 Å². The molecule has 24 heavy (non-hydrogen) atoms. The lowest BCUT2D eigenvalue weighted by atomic mass is 10.1. The van der Waals surface area contributed by atoms with Crippen LogP contribution >= 0.6 is 33.9 Å². The van der Waals surface area contributed by atoms with Crippen LogP contribution in [0.15, 0.2) is 59.6 Å². The third-order valence-corrected chi connectivity index (χ3v) is 5.68. The molecule has 0 radical (unpaired) electrons. The van der Waals surface area contributed by atoms with Crippen molar-refractivity contribution in [2.45, 2.75) is 20.4 Å². The van der Waals surface area contributed by atoms with Crippen LogP contribution in [-0.4, -0.2) is 10.5 Å². The Hall–Kier alpha value is -1.73. The first-order chi connectivity index (χ1) is 11.6. The van der Waals surface area contributed by atoms with Gasteiger partial charge in [-0.25, -0.2) is 0 Å². The summed E-state index contributed by atoms with van der Waals surface area (Å²) < 4.78 is 3.03. The molecule has 1 heterocycles. The van der Waals surface area contributed by atoms with Crippen molar-refractivity contribution in [3.63, 3.8) is 0 Å². The smallest absolute Gasteiger partial charge is 0.280 e. The van der Waals surface area contributed by atoms with E-state index < -0.39 is 0 Å². The highest BCUT2D eigenvalue weighted by molar-refractivity contribution is 14.1. The maximum atomic E-state index is 12.6. The highest BCUT2D eigenvalue weighted by Gasteiger charge is 2.13. The van der Waals surface area contributed by atoms with Crippen molar-refractivity contribution in [1.82, 2.24) is 4.57 Å². The van der Waals surface area contributed by atoms with Gasteiger partial charge in [0.25, 0.3) is 5.91 Å². The van der Waals surface area contributed by atoms with E-state index in [2.05, 4.69) is 58.1 Å². The van der Waals surface area contributed by atoms with Crippen LogP contribution in [0, 0.1) is 10.5 Å². The molecular weight excluding hydrogens is 431 g/mol. The van der Waals surface area contributed by atoms with E-state index >= 15 is 0 Å². The van der Waals surface area contributed by atoms with Gasteiger partial charge in [0.15, 0.2) is 4.80 Å². The molecule has 3 aromatic rings. The highest BCUT2D eigenvalue weighted by atomic mass is 127. The molecule has 0 aliphatic rings. The number of carbonyl (C=O) groups is 1. The average molecular weight is 448 g/mol. The molecule has 1 amide bonds. The minimum absolute atomic E-state index is 0.192. The standard InChI is InChI=1S/C19H17IN2OS/c1-3-22-17(14-9-5-4-6-10-14)13(2)24-19(22)21-18(23)15-11-7-8-12-16(15)20/h4-12H,3H2,1-2H3. The summed E-state index contributed by atoms with van der Waals surface area (Å²) in [5, 5.41) is 0. The summed E-state index contributed by atoms with van der Waals surface area (Å²) in [5.41, 5.74) is 2.93. The number of amides is 1. The number of carbonyl (C=O) groups excluding carboxylic acids is 1. The van der Waals surface area contributed by atoms with Gasteiger partial charge in [-0.15, -0.1) is 11.3 Å². The van der Waals surface area contributed by atoms with Gasteiger partial charge < -0.3 is 4.57 Å². The molecule has 1 aromatic heterocycles. The predicted molar refractivity (Wildman–Crippen MR) is 107 cm³/mol. The molecule has 3 nitrogen and oxygen atoms in total. The third-order valence-electron chi connectivity index (χ3n) is 3.74.